The van der Waals surface area contributed by atoms with Crippen LogP contribution in [0.5, 0.6) is 0 Å². The van der Waals surface area contributed by atoms with E-state index in [1.54, 1.807) is 0 Å². The minimum atomic E-state index is -4.18. The molecular formula is C3H7NNaO5S2+. The number of hydrogen-bond acceptors (Lipinski definition) is 5. The molecule has 4 N–H and O–H groups in total. The van der Waals surface area contributed by atoms with E-state index >= 15 is 0 Å². The third-order valence-corrected chi connectivity index (χ3v) is 2.81. The van der Waals surface area contributed by atoms with Crippen LogP contribution in [0, 0.1) is 0 Å². The van der Waals surface area contributed by atoms with Crippen molar-refractivity contribution in [2.24, 2.45) is 5.73 Å². The molecule has 0 aliphatic carbocycles. The average molecular weight is 224 g/mol. The van der Waals surface area contributed by atoms with E-state index in [2.05, 4.69) is 0 Å². The summed E-state index contributed by atoms with van der Waals surface area (Å²) >= 11 is 0. The number of carboxylic acids is 1. The Kier molecular flexibility index (Phi) is 7.83. The summed E-state index contributed by atoms with van der Waals surface area (Å²) in [7, 11) is -4.09. The maximum Gasteiger partial charge on any atom is 1.00 e. The molecule has 0 aromatic carbocycles. The summed E-state index contributed by atoms with van der Waals surface area (Å²) in [6, 6.07) is -1.28. The topological polar surface area (TPSA) is 118 Å². The molecule has 12 heavy (non-hydrogen) atoms. The van der Waals surface area contributed by atoms with E-state index in [-0.39, 0.29) is 46.1 Å². The van der Waals surface area contributed by atoms with Gasteiger partial charge in [-0.2, -0.15) is 8.42 Å². The van der Waals surface area contributed by atoms with E-state index in [0.717, 1.165) is 0 Å². The van der Waals surface area contributed by atoms with Gasteiger partial charge in [-0.15, -0.1) is 0 Å². The maximum atomic E-state index is 10.0. The molecule has 6 nitrogen and oxygen atoms in total. The Labute approximate surface area is 95.3 Å². The second kappa shape index (κ2) is 6.19. The summed E-state index contributed by atoms with van der Waals surface area (Å²) < 4.78 is 28.2. The minimum absolute atomic E-state index is 0. The van der Waals surface area contributed by atoms with Crippen LogP contribution >= 0.6 is 10.8 Å². The summed E-state index contributed by atoms with van der Waals surface area (Å²) in [5, 5.41) is 8.16. The van der Waals surface area contributed by atoms with E-state index in [9.17, 15) is 13.2 Å². The van der Waals surface area contributed by atoms with Gasteiger partial charge in [-0.25, -0.2) is 0 Å². The molecule has 0 bridgehead atoms. The van der Waals surface area contributed by atoms with Crippen LogP contribution in [0.4, 0.5) is 0 Å². The Morgan fingerprint density at radius 2 is 2.00 bits per heavy atom. The quantitative estimate of drug-likeness (QED) is 0.252. The van der Waals surface area contributed by atoms with Crippen molar-refractivity contribution in [2.45, 2.75) is 6.04 Å². The summed E-state index contributed by atoms with van der Waals surface area (Å²) in [5.74, 6) is -1.67. The molecule has 66 valence electrons. The number of nitrogens with two attached hydrogens (primary N) is 1. The molecule has 0 saturated carbocycles. The third kappa shape index (κ3) is 8.78. The summed E-state index contributed by atoms with van der Waals surface area (Å²) in [4.78, 5) is 10.0. The number of carboxylic acid groups (broad SMARTS) is 1. The van der Waals surface area contributed by atoms with E-state index in [1.807, 2.05) is 0 Å². The Bertz CT molecular complexity index is 239. The van der Waals surface area contributed by atoms with Crippen LogP contribution in [0.15, 0.2) is 0 Å². The largest absolute Gasteiger partial charge is 1.00 e. The van der Waals surface area contributed by atoms with Gasteiger partial charge < -0.3 is 10.8 Å². The van der Waals surface area contributed by atoms with Crippen molar-refractivity contribution in [3.63, 3.8) is 0 Å². The van der Waals surface area contributed by atoms with Crippen molar-refractivity contribution < 1.29 is 52.4 Å². The normalized spacial score (nSPS) is 13.2. The Morgan fingerprint density at radius 3 is 2.25 bits per heavy atom. The Morgan fingerprint density at radius 1 is 1.58 bits per heavy atom. The molecule has 9 heteroatoms. The van der Waals surface area contributed by atoms with Gasteiger partial charge in [-0.3, -0.25) is 9.35 Å². The van der Waals surface area contributed by atoms with Gasteiger partial charge >= 0.3 is 44.7 Å². The monoisotopic (exact) mass is 224 g/mol. The molecule has 0 aliphatic rings. The Balaban J connectivity index is 0. The molecular weight excluding hydrogens is 217 g/mol. The predicted molar refractivity (Wildman–Crippen MR) is 39.6 cm³/mol. The molecule has 0 spiro atoms. The fraction of sp³-hybridized carbons (Fsp3) is 0.667. The van der Waals surface area contributed by atoms with Gasteiger partial charge in [0, 0.05) is 5.75 Å². The Hall–Kier alpha value is 0.690. The van der Waals surface area contributed by atoms with Crippen LogP contribution < -0.4 is 35.3 Å². The first-order chi connectivity index (χ1) is 4.83. The number of hydrogen-bond donors (Lipinski definition) is 3. The predicted octanol–water partition coefficient (Wildman–Crippen LogP) is -4.06. The molecule has 0 aromatic heterocycles. The van der Waals surface area contributed by atoms with Gasteiger partial charge in [-0.1, -0.05) is 0 Å². The van der Waals surface area contributed by atoms with E-state index in [1.165, 1.54) is 0 Å². The molecule has 0 aromatic rings. The van der Waals surface area contributed by atoms with Crippen LogP contribution in [0.2, 0.25) is 0 Å². The SMILES string of the molecule is NC(CSS(=O)(=O)O)C(=O)O.[Na+]. The zero-order valence-electron chi connectivity index (χ0n) is 6.30. The fourth-order valence-corrected chi connectivity index (χ4v) is 1.65. The molecule has 0 aliphatic heterocycles. The van der Waals surface area contributed by atoms with E-state index < -0.39 is 21.2 Å². The van der Waals surface area contributed by atoms with E-state index in [0.29, 0.717) is 0 Å². The first kappa shape index (κ1) is 15.2. The molecule has 0 heterocycles. The molecule has 0 radical (unpaired) electrons. The fourth-order valence-electron chi connectivity index (χ4n) is 0.231. The molecule has 0 fully saturated rings. The van der Waals surface area contributed by atoms with Crippen LogP contribution in [0.1, 0.15) is 0 Å². The molecule has 0 amide bonds. The van der Waals surface area contributed by atoms with Gasteiger partial charge in [0.2, 0.25) is 0 Å². The summed E-state index contributed by atoms with van der Waals surface area (Å²) in [5.41, 5.74) is 4.93. The first-order valence-electron chi connectivity index (χ1n) is 2.43. The van der Waals surface area contributed by atoms with Crippen LogP contribution in [0.3, 0.4) is 0 Å². The van der Waals surface area contributed by atoms with Crippen molar-refractivity contribution in [2.75, 3.05) is 5.75 Å². The van der Waals surface area contributed by atoms with Gasteiger partial charge in [0.05, 0.1) is 0 Å². The van der Waals surface area contributed by atoms with Crippen molar-refractivity contribution in [3.05, 3.63) is 0 Å². The molecule has 1 atom stereocenters. The third-order valence-electron chi connectivity index (χ3n) is 0.714. The molecule has 1 unspecified atom stereocenters. The van der Waals surface area contributed by atoms with Crippen LogP contribution in [-0.4, -0.2) is 35.8 Å². The number of rotatable bonds is 4. The van der Waals surface area contributed by atoms with Gasteiger partial charge in [-0.05, 0) is 10.8 Å². The average Bonchev–Trinajstić information content (AvgIpc) is 1.80. The summed E-state index contributed by atoms with van der Waals surface area (Å²) in [6.07, 6.45) is 0. The maximum absolute atomic E-state index is 10.0. The zero-order chi connectivity index (χ0) is 9.07. The minimum Gasteiger partial charge on any atom is -0.480 e. The van der Waals surface area contributed by atoms with Crippen LogP contribution in [-0.2, 0) is 13.9 Å². The molecule has 0 rings (SSSR count). The van der Waals surface area contributed by atoms with Crippen LogP contribution in [0.25, 0.3) is 0 Å². The van der Waals surface area contributed by atoms with Crippen molar-refractivity contribution >= 4 is 25.9 Å². The number of carbonyl (C=O) groups is 1. The zero-order valence-corrected chi connectivity index (χ0v) is 9.93. The van der Waals surface area contributed by atoms with E-state index in [4.69, 9.17) is 15.4 Å². The number of aliphatic carboxylic acids is 1. The second-order valence-corrected chi connectivity index (χ2v) is 5.05. The van der Waals surface area contributed by atoms with Crippen molar-refractivity contribution in [1.29, 1.82) is 0 Å². The van der Waals surface area contributed by atoms with Gasteiger partial charge in [0.15, 0.2) is 0 Å². The first-order valence-corrected chi connectivity index (χ1v) is 5.37. The van der Waals surface area contributed by atoms with Gasteiger partial charge in [0.1, 0.15) is 6.04 Å². The standard InChI is InChI=1S/C3H7NO5S2.Na/c4-2(3(5)6)1-10-11(7,8)9;/h2H,1,4H2,(H,5,6)(H,7,8,9);/q;+1. The molecule has 0 saturated heterocycles. The smallest absolute Gasteiger partial charge is 0.480 e. The van der Waals surface area contributed by atoms with Gasteiger partial charge in [0.25, 0.3) is 0 Å². The summed E-state index contributed by atoms with van der Waals surface area (Å²) in [6.45, 7) is 0. The second-order valence-electron chi connectivity index (χ2n) is 1.66. The van der Waals surface area contributed by atoms with Crippen molar-refractivity contribution in [1.82, 2.24) is 0 Å². The van der Waals surface area contributed by atoms with Crippen molar-refractivity contribution in [3.8, 4) is 0 Å².